The van der Waals surface area contributed by atoms with Crippen LogP contribution in [-0.4, -0.2) is 73.5 Å². The van der Waals surface area contributed by atoms with Gasteiger partial charge in [-0.15, -0.1) is 9.29 Å². The van der Waals surface area contributed by atoms with Crippen molar-refractivity contribution < 1.29 is 41.5 Å². The van der Waals surface area contributed by atoms with Crippen molar-refractivity contribution in [2.75, 3.05) is 39.3 Å². The zero-order valence-electron chi connectivity index (χ0n) is 63.3. The number of unbranched alkanes of at least 4 members (excludes halogenated alkanes) is 60. The molecule has 2 rings (SSSR count). The maximum atomic E-state index is 14.7. The number of hydroxylamine groups is 6. The van der Waals surface area contributed by atoms with Gasteiger partial charge in [0.15, 0.2) is 0 Å². The van der Waals surface area contributed by atoms with Crippen molar-refractivity contribution in [2.24, 2.45) is 0 Å². The van der Waals surface area contributed by atoms with Crippen molar-refractivity contribution in [3.05, 3.63) is 29.3 Å². The summed E-state index contributed by atoms with van der Waals surface area (Å²) in [6.07, 6.45) is 84.6. The van der Waals surface area contributed by atoms with Crippen LogP contribution in [-0.2, 0) is 19.8 Å². The normalized spacial score (nSPS) is 14.4. The van der Waals surface area contributed by atoms with E-state index in [1.54, 1.807) is 0 Å². The minimum atomic E-state index is -4.78. The lowest BCUT2D eigenvalue weighted by Gasteiger charge is -2.36. The van der Waals surface area contributed by atoms with Crippen molar-refractivity contribution in [2.45, 2.75) is 456 Å². The number of quaternary nitrogens is 2. The van der Waals surface area contributed by atoms with Gasteiger partial charge in [-0.05, 0) is 43.9 Å². The summed E-state index contributed by atoms with van der Waals surface area (Å²) in [5.74, 6) is -1.29. The van der Waals surface area contributed by atoms with Crippen LogP contribution >= 0.6 is 0 Å². The molecule has 1 aromatic carbocycles. The van der Waals surface area contributed by atoms with E-state index in [1.807, 2.05) is 0 Å². The largest absolute Gasteiger partial charge is 0.397 e. The van der Waals surface area contributed by atoms with E-state index in [-0.39, 0.29) is 20.4 Å². The maximum Gasteiger partial charge on any atom is 0.397 e. The Kier molecular flexibility index (Phi) is 59.2. The standard InChI is InChI=1S/C84H159N2O7S/c1-5-9-13-17-21-25-29-33-37-41-45-49-53-57-61-65-71-85(72-66-62-58-54-50-46-42-38-34-30-26-22-18-14-10-6-2)75-69-70-76-86(73-67-63-59-55-51-47-43-39-35-31-27-23-19-15-11-7-3,74-68-64-60-56-52-48-44-40-36-32-28-24-20-16-12-8-4)93-84(88)81-77-80(83(87)92-85)78-82(79-81)94(89,90)91/h77-79H,5-76H2,1-4H3/q+1/p+1. The predicted molar refractivity (Wildman–Crippen MR) is 404 cm³/mol. The molecule has 1 heterocycles. The van der Waals surface area contributed by atoms with Gasteiger partial charge in [-0.3, -0.25) is 14.2 Å². The van der Waals surface area contributed by atoms with Crippen LogP contribution in [0.25, 0.3) is 0 Å². The zero-order chi connectivity index (χ0) is 67.8. The number of fused-ring (bicyclic) bond motifs is 2. The molecule has 0 radical (unpaired) electrons. The monoisotopic (exact) mass is 1340 g/mol. The van der Waals surface area contributed by atoms with Crippen LogP contribution in [0.3, 0.4) is 0 Å². The molecule has 94 heavy (non-hydrogen) atoms. The van der Waals surface area contributed by atoms with Crippen molar-refractivity contribution in [3.63, 3.8) is 0 Å². The van der Waals surface area contributed by atoms with Crippen molar-refractivity contribution in [3.8, 4) is 0 Å². The van der Waals surface area contributed by atoms with E-state index >= 15 is 0 Å². The predicted octanol–water partition coefficient (Wildman–Crippen LogP) is 27.6. The number of hydrogen-bond acceptors (Lipinski definition) is 6. The Labute approximate surface area is 585 Å². The minimum Gasteiger partial charge on any atom is -0.282 e. The highest BCUT2D eigenvalue weighted by atomic mass is 32.2. The summed E-state index contributed by atoms with van der Waals surface area (Å²) in [6.45, 7) is 13.3. The van der Waals surface area contributed by atoms with E-state index in [2.05, 4.69) is 27.7 Å². The van der Waals surface area contributed by atoms with Crippen LogP contribution in [0.15, 0.2) is 23.1 Å². The van der Waals surface area contributed by atoms with Gasteiger partial charge in [0, 0.05) is 38.5 Å². The molecule has 1 aromatic rings. The van der Waals surface area contributed by atoms with Gasteiger partial charge in [-0.1, -0.05) is 387 Å². The van der Waals surface area contributed by atoms with E-state index in [4.69, 9.17) is 9.68 Å². The molecule has 1 aliphatic rings. The molecule has 0 saturated carbocycles. The molecule has 10 heteroatoms. The van der Waals surface area contributed by atoms with Gasteiger partial charge in [0.25, 0.3) is 10.1 Å². The zero-order valence-corrected chi connectivity index (χ0v) is 64.2. The molecule has 0 unspecified atom stereocenters. The topological polar surface area (TPSA) is 107 Å². The first kappa shape index (κ1) is 88.1. The number of benzene rings is 1. The van der Waals surface area contributed by atoms with Crippen LogP contribution in [0.4, 0.5) is 0 Å². The second-order valence-electron chi connectivity index (χ2n) is 30.4. The fourth-order valence-electron chi connectivity index (χ4n) is 15.0. The Balaban J connectivity index is 2.26. The average molecular weight is 1340 g/mol. The maximum absolute atomic E-state index is 14.7. The number of nitrogens with zero attached hydrogens (tertiary/aromatic N) is 2. The highest BCUT2D eigenvalue weighted by molar-refractivity contribution is 7.85. The van der Waals surface area contributed by atoms with Gasteiger partial charge in [0.05, 0.1) is 16.0 Å². The van der Waals surface area contributed by atoms with E-state index in [0.717, 1.165) is 64.2 Å². The Morgan fingerprint density at radius 3 is 0.596 bits per heavy atom. The lowest BCUT2D eigenvalue weighted by Crippen LogP contribution is -2.53. The number of carbonyl (C=O) groups excluding carboxylic acids is 2. The lowest BCUT2D eigenvalue weighted by molar-refractivity contribution is -1.09. The molecule has 9 nitrogen and oxygen atoms in total. The molecule has 0 aliphatic carbocycles. The molecule has 0 spiro atoms. The van der Waals surface area contributed by atoms with Crippen molar-refractivity contribution in [1.29, 1.82) is 0 Å². The summed E-state index contributed by atoms with van der Waals surface area (Å²) in [4.78, 5) is 42.6. The molecule has 0 amide bonds. The van der Waals surface area contributed by atoms with Gasteiger partial charge in [0.2, 0.25) is 0 Å². The fourth-order valence-corrected chi connectivity index (χ4v) is 15.5. The van der Waals surface area contributed by atoms with Gasteiger partial charge in [-0.25, -0.2) is 9.59 Å². The van der Waals surface area contributed by atoms with Crippen LogP contribution < -0.4 is 0 Å². The third-order valence-corrected chi connectivity index (χ3v) is 22.1. The Hall–Kier alpha value is -2.01. The summed E-state index contributed by atoms with van der Waals surface area (Å²) >= 11 is 0. The molecule has 1 N–H and O–H groups in total. The lowest BCUT2D eigenvalue weighted by atomic mass is 10.0. The summed E-state index contributed by atoms with van der Waals surface area (Å²) < 4.78 is 37.0. The van der Waals surface area contributed by atoms with Crippen LogP contribution in [0.5, 0.6) is 0 Å². The van der Waals surface area contributed by atoms with E-state index in [9.17, 15) is 22.6 Å². The molecule has 0 fully saturated rings. The first-order valence-corrected chi connectivity index (χ1v) is 43.8. The Bertz CT molecular complexity index is 1770. The highest BCUT2D eigenvalue weighted by Crippen LogP contribution is 2.28. The molecular formula is C84H160N2O7S+2. The first-order chi connectivity index (χ1) is 46.0. The molecule has 0 saturated heterocycles. The van der Waals surface area contributed by atoms with Crippen molar-refractivity contribution in [1.82, 2.24) is 0 Å². The number of hydrogen-bond donors (Lipinski definition) is 1. The van der Waals surface area contributed by atoms with Gasteiger partial charge >= 0.3 is 11.9 Å². The van der Waals surface area contributed by atoms with E-state index in [1.165, 1.54) is 378 Å². The summed E-state index contributed by atoms with van der Waals surface area (Å²) in [5, 5.41) is 0. The number of carbonyl (C=O) groups is 2. The summed E-state index contributed by atoms with van der Waals surface area (Å²) in [6, 6.07) is 3.86. The minimum absolute atomic E-state index is 0.0310. The first-order valence-electron chi connectivity index (χ1n) is 42.4. The second-order valence-corrected chi connectivity index (χ2v) is 31.8. The summed E-state index contributed by atoms with van der Waals surface area (Å²) in [5.41, 5.74) is -0.0621. The quantitative estimate of drug-likeness (QED) is 0.0393. The highest BCUT2D eigenvalue weighted by Gasteiger charge is 2.38. The Morgan fingerprint density at radius 1 is 0.277 bits per heavy atom. The van der Waals surface area contributed by atoms with E-state index in [0.29, 0.717) is 39.3 Å². The molecule has 552 valence electrons. The van der Waals surface area contributed by atoms with Crippen LogP contribution in [0, 0.1) is 0 Å². The van der Waals surface area contributed by atoms with Crippen LogP contribution in [0.2, 0.25) is 0 Å². The van der Waals surface area contributed by atoms with Gasteiger partial charge in [-0.2, -0.15) is 8.42 Å². The fraction of sp³-hybridized carbons (Fsp3) is 0.905. The summed E-state index contributed by atoms with van der Waals surface area (Å²) in [7, 11) is -4.78. The SMILES string of the molecule is CCCCCCCCCCCCCCCCCC[N+]1(CCCCCCCCCCCCCCCCCC)CCCC[N+](CCCCCCCCCCCCCCCCCC)(CCCCCCCCCCCCCCCCCC)OC(=O)c2cc(cc(S(=O)(=O)O)c2)C(=O)O1. The van der Waals surface area contributed by atoms with Crippen LogP contribution in [0.1, 0.15) is 472 Å². The number of rotatable bonds is 69. The molecule has 0 atom stereocenters. The smallest absolute Gasteiger partial charge is 0.282 e. The molecule has 0 aromatic heterocycles. The van der Waals surface area contributed by atoms with Gasteiger partial charge in [0.1, 0.15) is 39.3 Å². The Morgan fingerprint density at radius 2 is 0.436 bits per heavy atom. The third-order valence-electron chi connectivity index (χ3n) is 21.3. The average Bonchev–Trinajstić information content (AvgIpc) is 1.13. The van der Waals surface area contributed by atoms with Gasteiger partial charge < -0.3 is 0 Å². The molecule has 2 bridgehead atoms. The van der Waals surface area contributed by atoms with Crippen molar-refractivity contribution >= 4 is 22.1 Å². The van der Waals surface area contributed by atoms with E-state index < -0.39 is 27.0 Å². The molecule has 1 aliphatic heterocycles. The molecular weight excluding hydrogens is 1180 g/mol. The third kappa shape index (κ3) is 50.3. The second kappa shape index (κ2) is 63.2.